The summed E-state index contributed by atoms with van der Waals surface area (Å²) < 4.78 is 88.7. The third-order valence-corrected chi connectivity index (χ3v) is 8.55. The van der Waals surface area contributed by atoms with Crippen molar-refractivity contribution in [2.24, 2.45) is 0 Å². The first-order chi connectivity index (χ1) is 21.3. The molecule has 0 radical (unpaired) electrons. The summed E-state index contributed by atoms with van der Waals surface area (Å²) in [6, 6.07) is 6.50. The van der Waals surface area contributed by atoms with Gasteiger partial charge in [-0.05, 0) is 55.2 Å². The number of amides is 1. The summed E-state index contributed by atoms with van der Waals surface area (Å²) in [5.74, 6) is -0.851. The van der Waals surface area contributed by atoms with Gasteiger partial charge >= 0.3 is 12.4 Å². The van der Waals surface area contributed by atoms with Crippen LogP contribution in [0.2, 0.25) is 0 Å². The van der Waals surface area contributed by atoms with E-state index >= 15 is 0 Å². The van der Waals surface area contributed by atoms with Crippen LogP contribution in [0.3, 0.4) is 0 Å². The monoisotopic (exact) mass is 637 g/mol. The fraction of sp³-hybridized carbons (Fsp3) is 0.500. The van der Waals surface area contributed by atoms with Gasteiger partial charge in [-0.1, -0.05) is 18.2 Å². The smallest absolute Gasteiger partial charge is 0.379 e. The van der Waals surface area contributed by atoms with Crippen molar-refractivity contribution in [3.05, 3.63) is 87.7 Å². The SMILES string of the molecule is Cc1ccc(C[C@@H]2CN(Cc3cnn(CCN4CCOCC4)c3)CCN2C(=O)c2cc(C(F)(F)F)cc(C(F)(F)F)c2)cc1C. The molecule has 0 unspecified atom stereocenters. The van der Waals surface area contributed by atoms with Crippen LogP contribution in [0, 0.1) is 13.8 Å². The van der Waals surface area contributed by atoms with Crippen LogP contribution in [-0.4, -0.2) is 88.9 Å². The maximum atomic E-state index is 13.7. The Balaban J connectivity index is 1.35. The normalized spacial score (nSPS) is 18.8. The Morgan fingerprint density at radius 2 is 1.53 bits per heavy atom. The molecule has 0 saturated carbocycles. The molecule has 2 aromatic carbocycles. The molecule has 2 aliphatic heterocycles. The number of piperazine rings is 1. The molecular weight excluding hydrogens is 600 g/mol. The standard InChI is InChI=1S/C32H37F6N5O2/c1-22-3-4-24(13-23(22)2)14-29-21-41(19-25-18-39-42(20-25)7-5-40-9-11-45-12-10-40)6-8-43(29)30(44)26-15-27(31(33,34)35)17-28(16-26)32(36,37)38/h3-4,13,15-18,20,29H,5-12,14,19,21H2,1-2H3/t29-/m1/s1. The molecule has 2 saturated heterocycles. The number of morpholine rings is 1. The lowest BCUT2D eigenvalue weighted by Gasteiger charge is -2.42. The zero-order valence-corrected chi connectivity index (χ0v) is 25.3. The number of ether oxygens (including phenoxy) is 1. The van der Waals surface area contributed by atoms with E-state index in [1.54, 1.807) is 6.20 Å². The van der Waals surface area contributed by atoms with E-state index < -0.39 is 41.0 Å². The third kappa shape index (κ3) is 8.44. The van der Waals surface area contributed by atoms with Crippen molar-refractivity contribution in [2.75, 3.05) is 52.5 Å². The summed E-state index contributed by atoms with van der Waals surface area (Å²) in [4.78, 5) is 19.6. The number of benzene rings is 2. The van der Waals surface area contributed by atoms with Gasteiger partial charge in [0, 0.05) is 69.2 Å². The number of aromatic nitrogens is 2. The maximum absolute atomic E-state index is 13.7. The highest BCUT2D eigenvalue weighted by Crippen LogP contribution is 2.37. The second kappa shape index (κ2) is 13.5. The Morgan fingerprint density at radius 1 is 0.844 bits per heavy atom. The van der Waals surface area contributed by atoms with Gasteiger partial charge in [0.25, 0.3) is 5.91 Å². The van der Waals surface area contributed by atoms with Crippen molar-refractivity contribution in [3.8, 4) is 0 Å². The van der Waals surface area contributed by atoms with Crippen LogP contribution in [0.4, 0.5) is 26.3 Å². The molecule has 0 bridgehead atoms. The highest BCUT2D eigenvalue weighted by molar-refractivity contribution is 5.95. The number of alkyl halides is 6. The quantitative estimate of drug-likeness (QED) is 0.308. The Kier molecular flexibility index (Phi) is 9.90. The minimum atomic E-state index is -5.04. The Labute approximate surface area is 258 Å². The molecule has 3 aromatic rings. The summed E-state index contributed by atoms with van der Waals surface area (Å²) in [5.41, 5.74) is 0.415. The van der Waals surface area contributed by atoms with Crippen molar-refractivity contribution in [1.82, 2.24) is 24.5 Å². The lowest BCUT2D eigenvalue weighted by molar-refractivity contribution is -0.143. The average molecular weight is 638 g/mol. The van der Waals surface area contributed by atoms with E-state index in [0.29, 0.717) is 38.2 Å². The molecule has 1 amide bonds. The van der Waals surface area contributed by atoms with Gasteiger partial charge in [0.2, 0.25) is 0 Å². The highest BCUT2D eigenvalue weighted by atomic mass is 19.4. The van der Waals surface area contributed by atoms with Crippen LogP contribution in [0.15, 0.2) is 48.8 Å². The van der Waals surface area contributed by atoms with Gasteiger partial charge in [0.05, 0.1) is 37.1 Å². The molecular formula is C32H37F6N5O2. The van der Waals surface area contributed by atoms with Crippen molar-refractivity contribution in [1.29, 1.82) is 0 Å². The fourth-order valence-corrected chi connectivity index (χ4v) is 5.89. The molecule has 244 valence electrons. The zero-order chi connectivity index (χ0) is 32.4. The lowest BCUT2D eigenvalue weighted by Crippen LogP contribution is -2.55. The first-order valence-electron chi connectivity index (χ1n) is 15.0. The second-order valence-corrected chi connectivity index (χ2v) is 11.9. The molecule has 1 atom stereocenters. The number of hydrogen-bond donors (Lipinski definition) is 0. The molecule has 3 heterocycles. The lowest BCUT2D eigenvalue weighted by atomic mass is 9.97. The van der Waals surface area contributed by atoms with E-state index in [9.17, 15) is 31.1 Å². The number of aryl methyl sites for hydroxylation is 2. The van der Waals surface area contributed by atoms with Crippen LogP contribution < -0.4 is 0 Å². The third-order valence-electron chi connectivity index (χ3n) is 8.55. The number of carbonyl (C=O) groups excluding carboxylic acids is 1. The molecule has 7 nitrogen and oxygen atoms in total. The number of nitrogens with zero attached hydrogens (tertiary/aromatic N) is 5. The van der Waals surface area contributed by atoms with Crippen LogP contribution >= 0.6 is 0 Å². The topological polar surface area (TPSA) is 53.8 Å². The summed E-state index contributed by atoms with van der Waals surface area (Å²) in [7, 11) is 0. The average Bonchev–Trinajstić information content (AvgIpc) is 3.44. The van der Waals surface area contributed by atoms with Crippen LogP contribution in [0.25, 0.3) is 0 Å². The second-order valence-electron chi connectivity index (χ2n) is 11.9. The highest BCUT2D eigenvalue weighted by Gasteiger charge is 2.39. The summed E-state index contributed by atoms with van der Waals surface area (Å²) in [6.07, 6.45) is -5.90. The Morgan fingerprint density at radius 3 is 2.18 bits per heavy atom. The van der Waals surface area contributed by atoms with Gasteiger partial charge in [-0.25, -0.2) is 0 Å². The largest absolute Gasteiger partial charge is 0.416 e. The summed E-state index contributed by atoms with van der Waals surface area (Å²) >= 11 is 0. The molecule has 0 N–H and O–H groups in total. The van der Waals surface area contributed by atoms with Crippen LogP contribution in [0.1, 0.15) is 43.7 Å². The van der Waals surface area contributed by atoms with E-state index in [1.807, 2.05) is 42.9 Å². The molecule has 1 aromatic heterocycles. The number of hydrogen-bond acceptors (Lipinski definition) is 5. The molecule has 0 spiro atoms. The predicted molar refractivity (Wildman–Crippen MR) is 156 cm³/mol. The van der Waals surface area contributed by atoms with Gasteiger partial charge in [-0.2, -0.15) is 31.4 Å². The minimum absolute atomic E-state index is 0.0440. The van der Waals surface area contributed by atoms with Gasteiger partial charge in [0.15, 0.2) is 0 Å². The molecule has 2 fully saturated rings. The summed E-state index contributed by atoms with van der Waals surface area (Å²) in [5, 5.41) is 4.49. The minimum Gasteiger partial charge on any atom is -0.379 e. The maximum Gasteiger partial charge on any atom is 0.416 e. The van der Waals surface area contributed by atoms with Gasteiger partial charge < -0.3 is 9.64 Å². The van der Waals surface area contributed by atoms with E-state index in [0.717, 1.165) is 61.6 Å². The van der Waals surface area contributed by atoms with Gasteiger partial charge in [0.1, 0.15) is 0 Å². The van der Waals surface area contributed by atoms with Crippen LogP contribution in [0.5, 0.6) is 0 Å². The van der Waals surface area contributed by atoms with Gasteiger partial charge in [-0.15, -0.1) is 0 Å². The Bertz CT molecular complexity index is 1450. The van der Waals surface area contributed by atoms with Crippen molar-refractivity contribution in [2.45, 2.75) is 51.8 Å². The first-order valence-corrected chi connectivity index (χ1v) is 15.0. The van der Waals surface area contributed by atoms with E-state index in [-0.39, 0.29) is 12.6 Å². The molecule has 13 heteroatoms. The van der Waals surface area contributed by atoms with Crippen LogP contribution in [-0.2, 0) is 36.6 Å². The zero-order valence-electron chi connectivity index (χ0n) is 25.3. The van der Waals surface area contributed by atoms with Crippen molar-refractivity contribution < 1.29 is 35.9 Å². The van der Waals surface area contributed by atoms with E-state index in [2.05, 4.69) is 14.9 Å². The van der Waals surface area contributed by atoms with Crippen molar-refractivity contribution >= 4 is 5.91 Å². The van der Waals surface area contributed by atoms with E-state index in [4.69, 9.17) is 4.74 Å². The van der Waals surface area contributed by atoms with E-state index in [1.165, 1.54) is 4.90 Å². The fourth-order valence-electron chi connectivity index (χ4n) is 5.89. The molecule has 2 aliphatic rings. The molecule has 45 heavy (non-hydrogen) atoms. The van der Waals surface area contributed by atoms with Gasteiger partial charge in [-0.3, -0.25) is 19.3 Å². The molecule has 0 aliphatic carbocycles. The molecule has 5 rings (SSSR count). The number of carbonyl (C=O) groups is 1. The predicted octanol–water partition coefficient (Wildman–Crippen LogP) is 5.44. The number of rotatable bonds is 8. The first kappa shape index (κ1) is 33.0. The number of halogens is 6. The Hall–Kier alpha value is -3.42. The van der Waals surface area contributed by atoms with Crippen molar-refractivity contribution in [3.63, 3.8) is 0 Å². The summed E-state index contributed by atoms with van der Waals surface area (Å²) in [6.45, 7) is 10.2.